The van der Waals surface area contributed by atoms with Gasteiger partial charge in [-0.1, -0.05) is 0 Å². The number of anilines is 1. The number of nitrogen functional groups attached to an aromatic ring is 1. The third-order valence-electron chi connectivity index (χ3n) is 1.41. The summed E-state index contributed by atoms with van der Waals surface area (Å²) in [4.78, 5) is 14.6. The van der Waals surface area contributed by atoms with Gasteiger partial charge in [0, 0.05) is 13.3 Å². The minimum Gasteiger partial charge on any atom is -0.396 e. The van der Waals surface area contributed by atoms with Gasteiger partial charge in [0.05, 0.1) is 25.0 Å². The first-order valence-corrected chi connectivity index (χ1v) is 3.55. The van der Waals surface area contributed by atoms with E-state index in [-0.39, 0.29) is 5.69 Å². The van der Waals surface area contributed by atoms with Crippen LogP contribution in [0, 0.1) is 0 Å². The number of rotatable bonds is 3. The van der Waals surface area contributed by atoms with E-state index in [1.54, 1.807) is 13.3 Å². The molecule has 0 amide bonds. The normalized spacial score (nSPS) is 10.1. The monoisotopic (exact) mass is 169 g/mol. The fraction of sp³-hybridized carbons (Fsp3) is 0.429. The van der Waals surface area contributed by atoms with Crippen LogP contribution in [-0.2, 0) is 11.3 Å². The molecule has 0 bridgehead atoms. The first-order chi connectivity index (χ1) is 5.74. The van der Waals surface area contributed by atoms with E-state index in [2.05, 4.69) is 4.98 Å². The molecular formula is C7H11N3O2. The summed E-state index contributed by atoms with van der Waals surface area (Å²) in [6.45, 7) is 0.957. The van der Waals surface area contributed by atoms with Crippen molar-refractivity contribution in [3.8, 4) is 0 Å². The van der Waals surface area contributed by atoms with Gasteiger partial charge in [0.25, 0.3) is 0 Å². The Balaban J connectivity index is 2.83. The fourth-order valence-electron chi connectivity index (χ4n) is 0.822. The predicted molar refractivity (Wildman–Crippen MR) is 44.8 cm³/mol. The Morgan fingerprint density at radius 3 is 3.17 bits per heavy atom. The van der Waals surface area contributed by atoms with Crippen LogP contribution in [0.5, 0.6) is 0 Å². The Morgan fingerprint density at radius 1 is 1.75 bits per heavy atom. The second kappa shape index (κ2) is 3.87. The molecule has 0 spiro atoms. The van der Waals surface area contributed by atoms with Crippen molar-refractivity contribution in [1.82, 2.24) is 9.55 Å². The molecule has 0 unspecified atom stereocenters. The number of nitrogens with zero attached hydrogens (tertiary/aromatic N) is 2. The Labute approximate surface area is 69.8 Å². The number of ether oxygens (including phenoxy) is 1. The molecule has 0 aromatic carbocycles. The maximum absolute atomic E-state index is 11.0. The highest BCUT2D eigenvalue weighted by Crippen LogP contribution is 1.92. The molecule has 0 aliphatic rings. The average Bonchev–Trinajstić information content (AvgIpc) is 2.07. The highest BCUT2D eigenvalue weighted by molar-refractivity contribution is 5.29. The molecule has 12 heavy (non-hydrogen) atoms. The van der Waals surface area contributed by atoms with Gasteiger partial charge in [0.1, 0.15) is 0 Å². The maximum atomic E-state index is 11.0. The summed E-state index contributed by atoms with van der Waals surface area (Å²) in [6.07, 6.45) is 2.89. The zero-order valence-electron chi connectivity index (χ0n) is 6.86. The average molecular weight is 169 g/mol. The highest BCUT2D eigenvalue weighted by atomic mass is 16.5. The molecule has 0 radical (unpaired) electrons. The summed E-state index contributed by atoms with van der Waals surface area (Å²) in [7, 11) is 1.57. The van der Waals surface area contributed by atoms with Gasteiger partial charge in [0.15, 0.2) is 0 Å². The van der Waals surface area contributed by atoms with Gasteiger partial charge in [-0.2, -0.15) is 4.98 Å². The SMILES string of the molecule is COCCn1cc(N)cnc1=O. The molecule has 0 saturated carbocycles. The number of hydrogen-bond acceptors (Lipinski definition) is 4. The van der Waals surface area contributed by atoms with E-state index in [1.165, 1.54) is 10.8 Å². The molecule has 0 aliphatic heterocycles. The molecule has 0 saturated heterocycles. The number of hydrogen-bond donors (Lipinski definition) is 1. The second-order valence-electron chi connectivity index (χ2n) is 2.36. The van der Waals surface area contributed by atoms with Crippen molar-refractivity contribution in [2.45, 2.75) is 6.54 Å². The zero-order chi connectivity index (χ0) is 8.97. The van der Waals surface area contributed by atoms with Gasteiger partial charge in [-0.25, -0.2) is 4.79 Å². The summed E-state index contributed by atoms with van der Waals surface area (Å²) >= 11 is 0. The Hall–Kier alpha value is -1.36. The molecule has 0 fully saturated rings. The quantitative estimate of drug-likeness (QED) is 0.660. The van der Waals surface area contributed by atoms with Gasteiger partial charge in [-0.15, -0.1) is 0 Å². The second-order valence-corrected chi connectivity index (χ2v) is 2.36. The van der Waals surface area contributed by atoms with Crippen LogP contribution in [0.4, 0.5) is 5.69 Å². The third kappa shape index (κ3) is 2.06. The third-order valence-corrected chi connectivity index (χ3v) is 1.41. The van der Waals surface area contributed by atoms with E-state index < -0.39 is 0 Å². The van der Waals surface area contributed by atoms with Crippen LogP contribution < -0.4 is 11.4 Å². The molecule has 2 N–H and O–H groups in total. The molecular weight excluding hydrogens is 158 g/mol. The molecule has 0 aliphatic carbocycles. The zero-order valence-corrected chi connectivity index (χ0v) is 6.86. The largest absolute Gasteiger partial charge is 0.396 e. The number of aromatic nitrogens is 2. The minimum absolute atomic E-state index is 0.304. The lowest BCUT2D eigenvalue weighted by Gasteiger charge is -2.03. The summed E-state index contributed by atoms with van der Waals surface area (Å²) in [5, 5.41) is 0. The first kappa shape index (κ1) is 8.73. The Morgan fingerprint density at radius 2 is 2.50 bits per heavy atom. The Bertz CT molecular complexity index is 308. The van der Waals surface area contributed by atoms with Crippen molar-refractivity contribution in [1.29, 1.82) is 0 Å². The van der Waals surface area contributed by atoms with Crippen LogP contribution in [-0.4, -0.2) is 23.3 Å². The Kier molecular flexibility index (Phi) is 2.82. The highest BCUT2D eigenvalue weighted by Gasteiger charge is 1.95. The fourth-order valence-corrected chi connectivity index (χ4v) is 0.822. The van der Waals surface area contributed by atoms with Crippen molar-refractivity contribution in [2.24, 2.45) is 0 Å². The van der Waals surface area contributed by atoms with Gasteiger partial charge >= 0.3 is 5.69 Å². The van der Waals surface area contributed by atoms with Gasteiger partial charge < -0.3 is 10.5 Å². The van der Waals surface area contributed by atoms with Crippen molar-refractivity contribution < 1.29 is 4.74 Å². The molecule has 66 valence electrons. The van der Waals surface area contributed by atoms with Crippen LogP contribution in [0.1, 0.15) is 0 Å². The maximum Gasteiger partial charge on any atom is 0.347 e. The summed E-state index contributed by atoms with van der Waals surface area (Å²) in [6, 6.07) is 0. The van der Waals surface area contributed by atoms with E-state index in [4.69, 9.17) is 10.5 Å². The summed E-state index contributed by atoms with van der Waals surface area (Å²) < 4.78 is 6.23. The molecule has 5 heteroatoms. The molecule has 1 heterocycles. The van der Waals surface area contributed by atoms with Crippen molar-refractivity contribution in [3.63, 3.8) is 0 Å². The summed E-state index contributed by atoms with van der Waals surface area (Å²) in [5.41, 5.74) is 5.61. The molecule has 1 aromatic heterocycles. The summed E-state index contributed by atoms with van der Waals surface area (Å²) in [5.74, 6) is 0. The smallest absolute Gasteiger partial charge is 0.347 e. The molecule has 1 aromatic rings. The van der Waals surface area contributed by atoms with Crippen LogP contribution in [0.3, 0.4) is 0 Å². The van der Waals surface area contributed by atoms with Crippen LogP contribution in [0.15, 0.2) is 17.2 Å². The molecule has 0 atom stereocenters. The number of methoxy groups -OCH3 is 1. The van der Waals surface area contributed by atoms with E-state index >= 15 is 0 Å². The molecule has 5 nitrogen and oxygen atoms in total. The lowest BCUT2D eigenvalue weighted by molar-refractivity contribution is 0.186. The van der Waals surface area contributed by atoms with Gasteiger partial charge in [-0.05, 0) is 0 Å². The first-order valence-electron chi connectivity index (χ1n) is 3.55. The van der Waals surface area contributed by atoms with Crippen molar-refractivity contribution in [3.05, 3.63) is 22.9 Å². The van der Waals surface area contributed by atoms with Crippen molar-refractivity contribution in [2.75, 3.05) is 19.5 Å². The van der Waals surface area contributed by atoms with E-state index in [0.717, 1.165) is 0 Å². The van der Waals surface area contributed by atoms with E-state index in [9.17, 15) is 4.79 Å². The molecule has 1 rings (SSSR count). The lowest BCUT2D eigenvalue weighted by atomic mass is 10.5. The predicted octanol–water partition coefficient (Wildman–Crippen LogP) is -0.528. The van der Waals surface area contributed by atoms with E-state index in [0.29, 0.717) is 18.8 Å². The van der Waals surface area contributed by atoms with Crippen LogP contribution in [0.2, 0.25) is 0 Å². The topological polar surface area (TPSA) is 70.1 Å². The number of nitrogens with two attached hydrogens (primary N) is 1. The van der Waals surface area contributed by atoms with Gasteiger partial charge in [0.2, 0.25) is 0 Å². The lowest BCUT2D eigenvalue weighted by Crippen LogP contribution is -2.24. The van der Waals surface area contributed by atoms with Crippen LogP contribution >= 0.6 is 0 Å². The van der Waals surface area contributed by atoms with Gasteiger partial charge in [-0.3, -0.25) is 4.57 Å². The standard InChI is InChI=1S/C7H11N3O2/c1-12-3-2-10-5-6(8)4-9-7(10)11/h4-5H,2-3,8H2,1H3. The van der Waals surface area contributed by atoms with Crippen molar-refractivity contribution >= 4 is 5.69 Å². The van der Waals surface area contributed by atoms with E-state index in [1.807, 2.05) is 0 Å². The van der Waals surface area contributed by atoms with Crippen LogP contribution in [0.25, 0.3) is 0 Å². The minimum atomic E-state index is -0.304.